The summed E-state index contributed by atoms with van der Waals surface area (Å²) in [5, 5.41) is 0. The van der Waals surface area contributed by atoms with Gasteiger partial charge in [0.15, 0.2) is 0 Å². The van der Waals surface area contributed by atoms with Gasteiger partial charge in [-0.3, -0.25) is 0 Å². The van der Waals surface area contributed by atoms with Gasteiger partial charge < -0.3 is 4.74 Å². The van der Waals surface area contributed by atoms with Gasteiger partial charge in [-0.15, -0.1) is 4.52 Å². The summed E-state index contributed by atoms with van der Waals surface area (Å²) in [6, 6.07) is 0. The molecule has 1 unspecified atom stereocenters. The highest BCUT2D eigenvalue weighted by molar-refractivity contribution is 7.58. The summed E-state index contributed by atoms with van der Waals surface area (Å²) >= 11 is 0. The summed E-state index contributed by atoms with van der Waals surface area (Å²) in [4.78, 5) is 11.0. The van der Waals surface area contributed by atoms with Gasteiger partial charge in [0.2, 0.25) is 34.8 Å². The first kappa shape index (κ1) is 15.5. The molecule has 0 N–H and O–H groups in total. The Morgan fingerprint density at radius 3 is 1.84 bits per heavy atom. The van der Waals surface area contributed by atoms with Crippen LogP contribution in [0.4, 0.5) is 26.7 Å². The first-order valence-electron chi connectivity index (χ1n) is 4.64. The fourth-order valence-electron chi connectivity index (χ4n) is 0.969. The van der Waals surface area contributed by atoms with Crippen LogP contribution in [0.15, 0.2) is 0 Å². The highest BCUT2D eigenvalue weighted by Gasteiger charge is 2.38. The number of rotatable bonds is 4. The van der Waals surface area contributed by atoms with E-state index in [-0.39, 0.29) is 6.61 Å². The van der Waals surface area contributed by atoms with Crippen LogP contribution < -0.4 is 4.74 Å². The lowest BCUT2D eigenvalue weighted by Crippen LogP contribution is -2.10. The van der Waals surface area contributed by atoms with Gasteiger partial charge in [-0.2, -0.15) is 13.6 Å². The molecule has 4 nitrogen and oxygen atoms in total. The third-order valence-corrected chi connectivity index (χ3v) is 2.64. The predicted molar refractivity (Wildman–Crippen MR) is 51.5 cm³/mol. The maximum absolute atomic E-state index is 13.1. The molecule has 1 rings (SSSR count). The Morgan fingerprint density at radius 2 is 1.42 bits per heavy atom. The normalized spacial score (nSPS) is 11.4. The van der Waals surface area contributed by atoms with Crippen LogP contribution in [-0.4, -0.2) is 12.3 Å². The van der Waals surface area contributed by atoms with Gasteiger partial charge in [-0.25, -0.2) is 13.2 Å². The van der Waals surface area contributed by atoms with Crippen molar-refractivity contribution >= 4 is 13.7 Å². The third kappa shape index (κ3) is 3.05. The Morgan fingerprint density at radius 1 is 1.00 bits per heavy atom. The van der Waals surface area contributed by atoms with E-state index in [9.17, 15) is 31.3 Å². The fraction of sp³-hybridized carbons (Fsp3) is 0.222. The second-order valence-electron chi connectivity index (χ2n) is 2.94. The summed E-state index contributed by atoms with van der Waals surface area (Å²) in [5.74, 6) is -13.5. The van der Waals surface area contributed by atoms with Gasteiger partial charge in [0, 0.05) is 0 Å². The molecule has 0 aliphatic carbocycles. The minimum absolute atomic E-state index is 0.179. The molecule has 0 bridgehead atoms. The third-order valence-electron chi connectivity index (χ3n) is 1.75. The van der Waals surface area contributed by atoms with E-state index in [0.29, 0.717) is 0 Å². The monoisotopic (exact) mass is 303 g/mol. The molecule has 0 saturated carbocycles. The number of hydrogen-bond donors (Lipinski definition) is 0. The van der Waals surface area contributed by atoms with Gasteiger partial charge in [0.1, 0.15) is 6.61 Å². The lowest BCUT2D eigenvalue weighted by molar-refractivity contribution is 0.211. The molecule has 0 heterocycles. The zero-order valence-corrected chi connectivity index (χ0v) is 10.1. The lowest BCUT2D eigenvalue weighted by Gasteiger charge is -2.04. The molecular formula is C9H5F5O4P+. The maximum Gasteiger partial charge on any atom is 0.636 e. The van der Waals surface area contributed by atoms with Crippen LogP contribution in [-0.2, 0) is 9.09 Å². The Hall–Kier alpha value is -1.60. The number of benzene rings is 1. The number of halogens is 5. The van der Waals surface area contributed by atoms with Gasteiger partial charge in [0.25, 0.3) is 0 Å². The van der Waals surface area contributed by atoms with Crippen molar-refractivity contribution < 1.29 is 40.6 Å². The van der Waals surface area contributed by atoms with Crippen LogP contribution >= 0.6 is 8.03 Å². The molecular weight excluding hydrogens is 298 g/mol. The van der Waals surface area contributed by atoms with Gasteiger partial charge in [-0.05, 0) is 11.5 Å². The van der Waals surface area contributed by atoms with Crippen molar-refractivity contribution in [3.05, 3.63) is 29.1 Å². The summed E-state index contributed by atoms with van der Waals surface area (Å²) < 4.78 is 83.4. The Bertz CT molecular complexity index is 519. The number of ether oxygens (including phenoxy) is 1. The minimum Gasteiger partial charge on any atom is -0.379 e. The summed E-state index contributed by atoms with van der Waals surface area (Å²) in [6.45, 7) is 1.18. The molecule has 0 aliphatic heterocycles. The molecule has 0 fully saturated rings. The summed E-state index contributed by atoms with van der Waals surface area (Å²) in [6.07, 6.45) is 0. The standard InChI is InChI=1S/C9H5F5O4P/c1-2-17-19(16)9(15)18-8-6(13)4(11)3(10)5(12)7(8)14/h2H2,1H3/q+1. The van der Waals surface area contributed by atoms with Crippen LogP contribution in [0.5, 0.6) is 5.75 Å². The molecule has 1 atom stereocenters. The smallest absolute Gasteiger partial charge is 0.379 e. The van der Waals surface area contributed by atoms with E-state index in [0.717, 1.165) is 0 Å². The van der Waals surface area contributed by atoms with Crippen LogP contribution in [0.2, 0.25) is 0 Å². The SMILES string of the molecule is CCO[P+](=O)C(=O)Oc1c(F)c(F)c(F)c(F)c1F. The van der Waals surface area contributed by atoms with Crippen LogP contribution in [0.1, 0.15) is 6.92 Å². The first-order chi connectivity index (χ1) is 8.81. The lowest BCUT2D eigenvalue weighted by atomic mass is 10.3. The number of carbonyl (C=O) groups is 1. The second kappa shape index (κ2) is 6.03. The summed E-state index contributed by atoms with van der Waals surface area (Å²) in [5.41, 5.74) is -1.76. The fourth-order valence-corrected chi connectivity index (χ4v) is 1.47. The van der Waals surface area contributed by atoms with Crippen molar-refractivity contribution in [3.8, 4) is 5.75 Å². The van der Waals surface area contributed by atoms with Crippen LogP contribution in [0, 0.1) is 29.1 Å². The zero-order chi connectivity index (χ0) is 14.7. The van der Waals surface area contributed by atoms with Crippen molar-refractivity contribution in [1.29, 1.82) is 0 Å². The second-order valence-corrected chi connectivity index (χ2v) is 4.08. The van der Waals surface area contributed by atoms with Gasteiger partial charge in [0.05, 0.1) is 0 Å². The maximum atomic E-state index is 13.1. The van der Waals surface area contributed by atoms with E-state index >= 15 is 0 Å². The van der Waals surface area contributed by atoms with Crippen molar-refractivity contribution in [2.24, 2.45) is 0 Å². The molecule has 10 heteroatoms. The predicted octanol–water partition coefficient (Wildman–Crippen LogP) is 3.66. The highest BCUT2D eigenvalue weighted by Crippen LogP contribution is 2.33. The van der Waals surface area contributed by atoms with Crippen molar-refractivity contribution in [1.82, 2.24) is 0 Å². The molecule has 0 radical (unpaired) electrons. The molecule has 0 saturated heterocycles. The molecule has 0 aliphatic rings. The van der Waals surface area contributed by atoms with E-state index in [2.05, 4.69) is 9.26 Å². The number of hydrogen-bond acceptors (Lipinski definition) is 4. The van der Waals surface area contributed by atoms with Crippen molar-refractivity contribution in [2.45, 2.75) is 6.92 Å². The van der Waals surface area contributed by atoms with E-state index in [4.69, 9.17) is 0 Å². The van der Waals surface area contributed by atoms with Gasteiger partial charge >= 0.3 is 13.7 Å². The van der Waals surface area contributed by atoms with E-state index in [1.165, 1.54) is 6.92 Å². The minimum atomic E-state index is -3.10. The van der Waals surface area contributed by atoms with E-state index < -0.39 is 48.6 Å². The molecule has 19 heavy (non-hydrogen) atoms. The largest absolute Gasteiger partial charge is 0.636 e. The molecule has 0 aromatic heterocycles. The van der Waals surface area contributed by atoms with Crippen molar-refractivity contribution in [2.75, 3.05) is 6.61 Å². The zero-order valence-electron chi connectivity index (χ0n) is 9.18. The Labute approximate surface area is 104 Å². The molecule has 0 amide bonds. The van der Waals surface area contributed by atoms with E-state index in [1.54, 1.807) is 0 Å². The summed E-state index contributed by atoms with van der Waals surface area (Å²) in [7, 11) is -3.10. The highest BCUT2D eigenvalue weighted by atomic mass is 31.1. The molecule has 0 spiro atoms. The van der Waals surface area contributed by atoms with Crippen LogP contribution in [0.25, 0.3) is 0 Å². The average molecular weight is 303 g/mol. The molecule has 1 aromatic carbocycles. The molecule has 104 valence electrons. The van der Waals surface area contributed by atoms with Gasteiger partial charge in [-0.1, -0.05) is 0 Å². The average Bonchev–Trinajstić information content (AvgIpc) is 2.39. The van der Waals surface area contributed by atoms with Crippen LogP contribution in [0.3, 0.4) is 0 Å². The molecule has 1 aromatic rings. The number of carbonyl (C=O) groups excluding carboxylic acids is 1. The topological polar surface area (TPSA) is 52.6 Å². The first-order valence-corrected chi connectivity index (χ1v) is 5.82. The quantitative estimate of drug-likeness (QED) is 0.369. The Balaban J connectivity index is 3.16. The van der Waals surface area contributed by atoms with Crippen molar-refractivity contribution in [3.63, 3.8) is 0 Å². The van der Waals surface area contributed by atoms with E-state index in [1.807, 2.05) is 0 Å². The Kier molecular flexibility index (Phi) is 4.90.